The van der Waals surface area contributed by atoms with Crippen LogP contribution in [0.2, 0.25) is 0 Å². The van der Waals surface area contributed by atoms with Gasteiger partial charge in [-0.2, -0.15) is 0 Å². The second kappa shape index (κ2) is 9.58. The van der Waals surface area contributed by atoms with E-state index in [4.69, 9.17) is 0 Å². The molecule has 2 aliphatic rings. The summed E-state index contributed by atoms with van der Waals surface area (Å²) in [5.41, 5.74) is 0.830. The van der Waals surface area contributed by atoms with Gasteiger partial charge < -0.3 is 10.2 Å². The molecule has 0 radical (unpaired) electrons. The van der Waals surface area contributed by atoms with Crippen LogP contribution in [-0.4, -0.2) is 78.4 Å². The zero-order valence-corrected chi connectivity index (χ0v) is 17.8. The van der Waals surface area contributed by atoms with Gasteiger partial charge in [-0.25, -0.2) is 0 Å². The molecule has 2 amide bonds. The van der Waals surface area contributed by atoms with Gasteiger partial charge in [-0.05, 0) is 49.1 Å². The summed E-state index contributed by atoms with van der Waals surface area (Å²) in [7, 11) is 0. The molecule has 2 aromatic carbocycles. The number of hydrogen-bond acceptors (Lipinski definition) is 4. The van der Waals surface area contributed by atoms with E-state index in [2.05, 4.69) is 27.2 Å². The van der Waals surface area contributed by atoms with Crippen LogP contribution in [0.3, 0.4) is 0 Å². The molecule has 1 N–H and O–H groups in total. The standard InChI is InChI=1S/C24H32N4O2/c1-19(24(30)25-22-10-9-20-7-3-4-8-21(20)17-22)27-15-13-26(14-16-27)18-23(29)28-11-5-2-6-12-28/h3-4,7-10,17,19H,2,5-6,11-16,18H2,1H3,(H,25,30). The van der Waals surface area contributed by atoms with E-state index in [1.165, 1.54) is 11.8 Å². The van der Waals surface area contributed by atoms with Crippen LogP contribution in [0.1, 0.15) is 26.2 Å². The predicted molar refractivity (Wildman–Crippen MR) is 120 cm³/mol. The molecule has 6 nitrogen and oxygen atoms in total. The van der Waals surface area contributed by atoms with Crippen molar-refractivity contribution < 1.29 is 9.59 Å². The predicted octanol–water partition coefficient (Wildman–Crippen LogP) is 2.80. The second-order valence-electron chi connectivity index (χ2n) is 8.48. The molecule has 6 heteroatoms. The molecule has 30 heavy (non-hydrogen) atoms. The number of benzene rings is 2. The summed E-state index contributed by atoms with van der Waals surface area (Å²) in [5, 5.41) is 5.35. The summed E-state index contributed by atoms with van der Waals surface area (Å²) in [6.45, 7) is 7.55. The molecule has 2 aromatic rings. The lowest BCUT2D eigenvalue weighted by molar-refractivity contribution is -0.134. The Kier molecular flexibility index (Phi) is 6.65. The number of anilines is 1. The topological polar surface area (TPSA) is 55.9 Å². The first-order valence-corrected chi connectivity index (χ1v) is 11.1. The van der Waals surface area contributed by atoms with E-state index in [9.17, 15) is 9.59 Å². The fourth-order valence-electron chi connectivity index (χ4n) is 4.42. The summed E-state index contributed by atoms with van der Waals surface area (Å²) in [6.07, 6.45) is 3.49. The van der Waals surface area contributed by atoms with Gasteiger partial charge in [0.05, 0.1) is 12.6 Å². The van der Waals surface area contributed by atoms with Gasteiger partial charge in [0.25, 0.3) is 0 Å². The lowest BCUT2D eigenvalue weighted by atomic mass is 10.1. The van der Waals surface area contributed by atoms with E-state index < -0.39 is 0 Å². The summed E-state index contributed by atoms with van der Waals surface area (Å²) in [4.78, 5) is 31.7. The molecule has 1 atom stereocenters. The minimum atomic E-state index is -0.198. The minimum absolute atomic E-state index is 0.0168. The van der Waals surface area contributed by atoms with Crippen LogP contribution in [0, 0.1) is 0 Å². The van der Waals surface area contributed by atoms with Crippen LogP contribution in [0.5, 0.6) is 0 Å². The van der Waals surface area contributed by atoms with Crippen LogP contribution in [0.4, 0.5) is 5.69 Å². The number of nitrogens with one attached hydrogen (secondary N) is 1. The number of carbonyl (C=O) groups excluding carboxylic acids is 2. The first-order chi connectivity index (χ1) is 14.6. The van der Waals surface area contributed by atoms with Crippen molar-refractivity contribution >= 4 is 28.3 Å². The fourth-order valence-corrected chi connectivity index (χ4v) is 4.42. The molecular weight excluding hydrogens is 376 g/mol. The third-order valence-corrected chi connectivity index (χ3v) is 6.42. The molecule has 2 heterocycles. The van der Waals surface area contributed by atoms with Gasteiger partial charge in [-0.1, -0.05) is 30.3 Å². The number of fused-ring (bicyclic) bond motifs is 1. The van der Waals surface area contributed by atoms with Crippen molar-refractivity contribution in [3.05, 3.63) is 42.5 Å². The van der Waals surface area contributed by atoms with Gasteiger partial charge >= 0.3 is 0 Å². The maximum absolute atomic E-state index is 12.8. The van der Waals surface area contributed by atoms with Crippen molar-refractivity contribution in [1.29, 1.82) is 0 Å². The van der Waals surface area contributed by atoms with Crippen molar-refractivity contribution in [2.75, 3.05) is 51.1 Å². The second-order valence-corrected chi connectivity index (χ2v) is 8.48. The maximum Gasteiger partial charge on any atom is 0.241 e. The average molecular weight is 409 g/mol. The molecule has 2 fully saturated rings. The number of likely N-dealkylation sites (tertiary alicyclic amines) is 1. The van der Waals surface area contributed by atoms with E-state index in [0.29, 0.717) is 6.54 Å². The molecule has 160 valence electrons. The van der Waals surface area contributed by atoms with Crippen molar-refractivity contribution in [3.63, 3.8) is 0 Å². The molecule has 0 aromatic heterocycles. The van der Waals surface area contributed by atoms with Gasteiger partial charge in [-0.3, -0.25) is 19.4 Å². The Balaban J connectivity index is 1.26. The van der Waals surface area contributed by atoms with Gasteiger partial charge in [0.2, 0.25) is 11.8 Å². The highest BCUT2D eigenvalue weighted by molar-refractivity contribution is 5.97. The number of piperazine rings is 1. The normalized spacial score (nSPS) is 19.6. The first-order valence-electron chi connectivity index (χ1n) is 11.1. The summed E-state index contributed by atoms with van der Waals surface area (Å²) < 4.78 is 0. The van der Waals surface area contributed by atoms with Gasteiger partial charge in [0.1, 0.15) is 0 Å². The van der Waals surface area contributed by atoms with E-state index in [-0.39, 0.29) is 17.9 Å². The Morgan fingerprint density at radius 1 is 0.900 bits per heavy atom. The number of amides is 2. The minimum Gasteiger partial charge on any atom is -0.342 e. The molecule has 0 spiro atoms. The van der Waals surface area contributed by atoms with Crippen molar-refractivity contribution in [1.82, 2.24) is 14.7 Å². The molecule has 4 rings (SSSR count). The Hall–Kier alpha value is -2.44. The Morgan fingerprint density at radius 3 is 2.33 bits per heavy atom. The monoisotopic (exact) mass is 408 g/mol. The number of carbonyl (C=O) groups is 2. The SMILES string of the molecule is CC(C(=O)Nc1ccc2ccccc2c1)N1CCN(CC(=O)N2CCCCC2)CC1. The lowest BCUT2D eigenvalue weighted by Gasteiger charge is -2.38. The maximum atomic E-state index is 12.8. The molecule has 1 unspecified atom stereocenters. The van der Waals surface area contributed by atoms with E-state index in [1.807, 2.05) is 42.2 Å². The summed E-state index contributed by atoms with van der Waals surface area (Å²) in [6, 6.07) is 14.0. The van der Waals surface area contributed by atoms with Crippen molar-refractivity contribution in [3.8, 4) is 0 Å². The summed E-state index contributed by atoms with van der Waals surface area (Å²) in [5.74, 6) is 0.272. The highest BCUT2D eigenvalue weighted by Gasteiger charge is 2.27. The number of piperidine rings is 1. The van der Waals surface area contributed by atoms with Crippen LogP contribution in [0.25, 0.3) is 10.8 Å². The smallest absolute Gasteiger partial charge is 0.241 e. The summed E-state index contributed by atoms with van der Waals surface area (Å²) >= 11 is 0. The molecule has 0 aliphatic carbocycles. The van der Waals surface area contributed by atoms with Crippen LogP contribution in [0.15, 0.2) is 42.5 Å². The largest absolute Gasteiger partial charge is 0.342 e. The molecule has 2 saturated heterocycles. The number of rotatable bonds is 5. The Labute approximate surface area is 178 Å². The van der Waals surface area contributed by atoms with E-state index in [0.717, 1.165) is 63.2 Å². The third-order valence-electron chi connectivity index (χ3n) is 6.42. The van der Waals surface area contributed by atoms with Gasteiger partial charge in [-0.15, -0.1) is 0 Å². The quantitative estimate of drug-likeness (QED) is 0.827. The van der Waals surface area contributed by atoms with Gasteiger partial charge in [0.15, 0.2) is 0 Å². The average Bonchev–Trinajstić information content (AvgIpc) is 2.79. The molecule has 0 bridgehead atoms. The highest BCUT2D eigenvalue weighted by atomic mass is 16.2. The van der Waals surface area contributed by atoms with Gasteiger partial charge in [0, 0.05) is 45.0 Å². The zero-order valence-electron chi connectivity index (χ0n) is 17.8. The first kappa shape index (κ1) is 20.8. The van der Waals surface area contributed by atoms with Crippen LogP contribution in [-0.2, 0) is 9.59 Å². The number of nitrogens with zero attached hydrogens (tertiary/aromatic N) is 3. The van der Waals surface area contributed by atoms with E-state index in [1.54, 1.807) is 0 Å². The fraction of sp³-hybridized carbons (Fsp3) is 0.500. The Morgan fingerprint density at radius 2 is 1.60 bits per heavy atom. The Bertz CT molecular complexity index is 886. The molecular formula is C24H32N4O2. The molecule has 2 aliphatic heterocycles. The van der Waals surface area contributed by atoms with Crippen molar-refractivity contribution in [2.45, 2.75) is 32.2 Å². The molecule has 0 saturated carbocycles. The lowest BCUT2D eigenvalue weighted by Crippen LogP contribution is -2.54. The highest BCUT2D eigenvalue weighted by Crippen LogP contribution is 2.19. The third kappa shape index (κ3) is 4.99. The van der Waals surface area contributed by atoms with Crippen LogP contribution >= 0.6 is 0 Å². The van der Waals surface area contributed by atoms with Crippen molar-refractivity contribution in [2.24, 2.45) is 0 Å². The van der Waals surface area contributed by atoms with Crippen LogP contribution < -0.4 is 5.32 Å². The van der Waals surface area contributed by atoms with E-state index >= 15 is 0 Å². The zero-order chi connectivity index (χ0) is 20.9. The number of hydrogen-bond donors (Lipinski definition) is 1.